The first-order valence-electron chi connectivity index (χ1n) is 7.55. The normalized spacial score (nSPS) is 32.3. The van der Waals surface area contributed by atoms with Crippen molar-refractivity contribution >= 4 is 11.8 Å². The van der Waals surface area contributed by atoms with E-state index in [2.05, 4.69) is 10.2 Å². The van der Waals surface area contributed by atoms with Crippen molar-refractivity contribution < 1.29 is 9.59 Å². The van der Waals surface area contributed by atoms with E-state index in [1.54, 1.807) is 0 Å². The predicted molar refractivity (Wildman–Crippen MR) is 71.9 cm³/mol. The fourth-order valence-corrected chi connectivity index (χ4v) is 3.81. The van der Waals surface area contributed by atoms with Crippen LogP contribution in [0.3, 0.4) is 0 Å². The Hall–Kier alpha value is -1.10. The molecule has 0 bridgehead atoms. The lowest BCUT2D eigenvalue weighted by Gasteiger charge is -2.29. The van der Waals surface area contributed by atoms with Gasteiger partial charge >= 0.3 is 6.03 Å². The smallest absolute Gasteiger partial charge is 0.317 e. The highest BCUT2D eigenvalue weighted by Gasteiger charge is 2.38. The fraction of sp³-hybridized carbons (Fsp3) is 0.857. The van der Waals surface area contributed by atoms with Gasteiger partial charge in [0.25, 0.3) is 0 Å². The van der Waals surface area contributed by atoms with Gasteiger partial charge in [0.1, 0.15) is 5.78 Å². The SMILES string of the molecule is O=C1CCCC1C1CCCN1CCN1CCNC1=O. The molecule has 0 radical (unpaired) electrons. The first kappa shape index (κ1) is 12.9. The molecule has 2 amide bonds. The van der Waals surface area contributed by atoms with Crippen molar-refractivity contribution in [1.82, 2.24) is 15.1 Å². The van der Waals surface area contributed by atoms with E-state index in [9.17, 15) is 9.59 Å². The number of likely N-dealkylation sites (tertiary alicyclic amines) is 1. The molecule has 5 heteroatoms. The zero-order valence-electron chi connectivity index (χ0n) is 11.4. The van der Waals surface area contributed by atoms with Gasteiger partial charge < -0.3 is 10.2 Å². The number of Topliss-reactive ketones (excluding diaryl/α,β-unsaturated/α-hetero) is 1. The van der Waals surface area contributed by atoms with Crippen molar-refractivity contribution in [2.24, 2.45) is 5.92 Å². The van der Waals surface area contributed by atoms with Crippen molar-refractivity contribution in [3.63, 3.8) is 0 Å². The van der Waals surface area contributed by atoms with E-state index in [1.165, 1.54) is 6.42 Å². The number of rotatable bonds is 4. The Morgan fingerprint density at radius 1 is 1.11 bits per heavy atom. The van der Waals surface area contributed by atoms with Crippen molar-refractivity contribution in [1.29, 1.82) is 0 Å². The van der Waals surface area contributed by atoms with Crippen LogP contribution in [0.5, 0.6) is 0 Å². The number of ketones is 1. The number of carbonyl (C=O) groups is 2. The molecule has 1 saturated carbocycles. The van der Waals surface area contributed by atoms with E-state index in [-0.39, 0.29) is 11.9 Å². The van der Waals surface area contributed by atoms with Crippen LogP contribution in [-0.4, -0.2) is 60.4 Å². The van der Waals surface area contributed by atoms with Crippen molar-refractivity contribution in [3.05, 3.63) is 0 Å². The van der Waals surface area contributed by atoms with E-state index >= 15 is 0 Å². The Morgan fingerprint density at radius 3 is 2.68 bits per heavy atom. The van der Waals surface area contributed by atoms with Gasteiger partial charge in [0, 0.05) is 44.6 Å². The minimum Gasteiger partial charge on any atom is -0.336 e. The summed E-state index contributed by atoms with van der Waals surface area (Å²) in [5.74, 6) is 0.741. The number of urea groups is 1. The number of amides is 2. The Labute approximate surface area is 114 Å². The maximum Gasteiger partial charge on any atom is 0.317 e. The summed E-state index contributed by atoms with van der Waals surface area (Å²) >= 11 is 0. The van der Waals surface area contributed by atoms with Gasteiger partial charge in [0.05, 0.1) is 0 Å². The lowest BCUT2D eigenvalue weighted by molar-refractivity contribution is -0.122. The zero-order chi connectivity index (χ0) is 13.2. The molecule has 3 aliphatic rings. The third-order valence-corrected chi connectivity index (χ3v) is 4.83. The highest BCUT2D eigenvalue weighted by molar-refractivity contribution is 5.83. The molecule has 2 atom stereocenters. The van der Waals surface area contributed by atoms with Crippen molar-refractivity contribution in [3.8, 4) is 0 Å². The van der Waals surface area contributed by atoms with Gasteiger partial charge in [-0.25, -0.2) is 4.79 Å². The summed E-state index contributed by atoms with van der Waals surface area (Å²) in [7, 11) is 0. The van der Waals surface area contributed by atoms with E-state index in [0.29, 0.717) is 11.8 Å². The predicted octanol–water partition coefficient (Wildman–Crippen LogP) is 0.845. The quantitative estimate of drug-likeness (QED) is 0.819. The molecule has 106 valence electrons. The molecular weight excluding hydrogens is 242 g/mol. The average molecular weight is 265 g/mol. The zero-order valence-corrected chi connectivity index (χ0v) is 11.4. The largest absolute Gasteiger partial charge is 0.336 e. The minimum absolute atomic E-state index is 0.0627. The van der Waals surface area contributed by atoms with Crippen molar-refractivity contribution in [2.75, 3.05) is 32.7 Å². The van der Waals surface area contributed by atoms with Gasteiger partial charge in [-0.2, -0.15) is 0 Å². The van der Waals surface area contributed by atoms with Gasteiger partial charge in [0.15, 0.2) is 0 Å². The van der Waals surface area contributed by atoms with E-state index in [1.807, 2.05) is 4.90 Å². The van der Waals surface area contributed by atoms with Crippen LogP contribution >= 0.6 is 0 Å². The van der Waals surface area contributed by atoms with E-state index in [4.69, 9.17) is 0 Å². The summed E-state index contributed by atoms with van der Waals surface area (Å²) in [5.41, 5.74) is 0. The molecule has 19 heavy (non-hydrogen) atoms. The second-order valence-corrected chi connectivity index (χ2v) is 5.93. The van der Waals surface area contributed by atoms with Crippen LogP contribution < -0.4 is 5.32 Å². The van der Waals surface area contributed by atoms with Crippen molar-refractivity contribution in [2.45, 2.75) is 38.1 Å². The summed E-state index contributed by atoms with van der Waals surface area (Å²) in [6.45, 7) is 4.39. The van der Waals surface area contributed by atoms with Crippen LogP contribution in [0.1, 0.15) is 32.1 Å². The molecule has 0 spiro atoms. The standard InChI is InChI=1S/C14H23N3O2/c18-13-5-1-3-11(13)12-4-2-7-16(12)9-10-17-8-6-15-14(17)19/h11-12H,1-10H2,(H,15,19). The summed E-state index contributed by atoms with van der Waals surface area (Å²) in [6.07, 6.45) is 5.28. The average Bonchev–Trinajstić information content (AvgIpc) is 3.08. The van der Waals surface area contributed by atoms with Crippen LogP contribution in [0.2, 0.25) is 0 Å². The van der Waals surface area contributed by atoms with E-state index < -0.39 is 0 Å². The monoisotopic (exact) mass is 265 g/mol. The van der Waals surface area contributed by atoms with Crippen LogP contribution in [-0.2, 0) is 4.79 Å². The van der Waals surface area contributed by atoms with Crippen LogP contribution in [0.25, 0.3) is 0 Å². The molecule has 0 aromatic heterocycles. The number of hydrogen-bond donors (Lipinski definition) is 1. The lowest BCUT2D eigenvalue weighted by atomic mass is 9.95. The van der Waals surface area contributed by atoms with E-state index in [0.717, 1.165) is 58.4 Å². The van der Waals surface area contributed by atoms with Gasteiger partial charge in [-0.15, -0.1) is 0 Å². The summed E-state index contributed by atoms with van der Waals surface area (Å²) in [6, 6.07) is 0.508. The highest BCUT2D eigenvalue weighted by Crippen LogP contribution is 2.33. The number of nitrogens with zero attached hydrogens (tertiary/aromatic N) is 2. The molecule has 3 rings (SSSR count). The molecule has 0 aromatic carbocycles. The van der Waals surface area contributed by atoms with Gasteiger partial charge in [-0.1, -0.05) is 0 Å². The Balaban J connectivity index is 1.54. The molecule has 2 aliphatic heterocycles. The van der Waals surface area contributed by atoms with Gasteiger partial charge in [0.2, 0.25) is 0 Å². The summed E-state index contributed by atoms with van der Waals surface area (Å²) < 4.78 is 0. The van der Waals surface area contributed by atoms with Gasteiger partial charge in [-0.3, -0.25) is 9.69 Å². The lowest BCUT2D eigenvalue weighted by Crippen LogP contribution is -2.42. The molecule has 1 aliphatic carbocycles. The molecule has 5 nitrogen and oxygen atoms in total. The Morgan fingerprint density at radius 2 is 2.00 bits per heavy atom. The molecule has 2 unspecified atom stereocenters. The van der Waals surface area contributed by atoms with Crippen LogP contribution in [0.4, 0.5) is 4.79 Å². The second kappa shape index (κ2) is 5.49. The third-order valence-electron chi connectivity index (χ3n) is 4.83. The Bertz CT molecular complexity index is 372. The first-order chi connectivity index (χ1) is 9.25. The molecule has 1 N–H and O–H groups in total. The fourth-order valence-electron chi connectivity index (χ4n) is 3.81. The Kier molecular flexibility index (Phi) is 3.73. The third kappa shape index (κ3) is 2.61. The molecule has 2 heterocycles. The second-order valence-electron chi connectivity index (χ2n) is 5.93. The summed E-state index contributed by atoms with van der Waals surface area (Å²) in [5, 5.41) is 2.83. The van der Waals surface area contributed by atoms with Crippen LogP contribution in [0, 0.1) is 5.92 Å². The molecule has 3 fully saturated rings. The number of carbonyl (C=O) groups excluding carboxylic acids is 2. The maximum atomic E-state index is 11.9. The summed E-state index contributed by atoms with van der Waals surface area (Å²) in [4.78, 5) is 27.8. The number of nitrogens with one attached hydrogen (secondary N) is 1. The topological polar surface area (TPSA) is 52.7 Å². The molecular formula is C14H23N3O2. The first-order valence-corrected chi connectivity index (χ1v) is 7.55. The minimum atomic E-state index is 0.0627. The number of hydrogen-bond acceptors (Lipinski definition) is 3. The van der Waals surface area contributed by atoms with Crippen LogP contribution in [0.15, 0.2) is 0 Å². The highest BCUT2D eigenvalue weighted by atomic mass is 16.2. The maximum absolute atomic E-state index is 11.9. The molecule has 0 aromatic rings. The van der Waals surface area contributed by atoms with Gasteiger partial charge in [-0.05, 0) is 32.2 Å². The molecule has 2 saturated heterocycles.